The van der Waals surface area contributed by atoms with E-state index in [0.717, 1.165) is 0 Å². The standard InChI is InChI=1S/C13H16N4O3/c1-19-11-7-10(13(14)16-18)8-12(9-11)20-6-5-17-4-2-3-15-17/h2-4,7-9,18H,5-6H2,1H3,(H2,14,16). The fraction of sp³-hybridized carbons (Fsp3) is 0.231. The summed E-state index contributed by atoms with van der Waals surface area (Å²) in [4.78, 5) is 0. The van der Waals surface area contributed by atoms with Crippen LogP contribution in [-0.4, -0.2) is 34.5 Å². The van der Waals surface area contributed by atoms with E-state index in [1.165, 1.54) is 0 Å². The molecule has 106 valence electrons. The maximum Gasteiger partial charge on any atom is 0.170 e. The van der Waals surface area contributed by atoms with Crippen molar-refractivity contribution in [2.24, 2.45) is 10.9 Å². The number of methoxy groups -OCH3 is 1. The van der Waals surface area contributed by atoms with E-state index in [9.17, 15) is 0 Å². The van der Waals surface area contributed by atoms with Crippen LogP contribution in [0, 0.1) is 0 Å². The molecule has 20 heavy (non-hydrogen) atoms. The summed E-state index contributed by atoms with van der Waals surface area (Å²) in [7, 11) is 1.54. The fourth-order valence-electron chi connectivity index (χ4n) is 1.67. The highest BCUT2D eigenvalue weighted by Crippen LogP contribution is 2.22. The third-order valence-corrected chi connectivity index (χ3v) is 2.67. The topological polar surface area (TPSA) is 94.9 Å². The van der Waals surface area contributed by atoms with E-state index >= 15 is 0 Å². The summed E-state index contributed by atoms with van der Waals surface area (Å²) >= 11 is 0. The first kappa shape index (κ1) is 13.7. The summed E-state index contributed by atoms with van der Waals surface area (Å²) in [5.41, 5.74) is 6.10. The second kappa shape index (κ2) is 6.46. The molecular formula is C13H16N4O3. The van der Waals surface area contributed by atoms with Gasteiger partial charge in [-0.2, -0.15) is 5.10 Å². The summed E-state index contributed by atoms with van der Waals surface area (Å²) in [5, 5.41) is 15.8. The second-order valence-electron chi connectivity index (χ2n) is 4.00. The van der Waals surface area contributed by atoms with Gasteiger partial charge >= 0.3 is 0 Å². The molecule has 0 aliphatic carbocycles. The summed E-state index contributed by atoms with van der Waals surface area (Å²) in [5.74, 6) is 1.15. The van der Waals surface area contributed by atoms with E-state index in [1.54, 1.807) is 36.2 Å². The van der Waals surface area contributed by atoms with Crippen LogP contribution in [-0.2, 0) is 6.54 Å². The van der Waals surface area contributed by atoms with Crippen molar-refractivity contribution in [3.05, 3.63) is 42.2 Å². The highest BCUT2D eigenvalue weighted by molar-refractivity contribution is 5.97. The van der Waals surface area contributed by atoms with E-state index in [4.69, 9.17) is 20.4 Å². The van der Waals surface area contributed by atoms with Crippen LogP contribution in [0.25, 0.3) is 0 Å². The Morgan fingerprint density at radius 1 is 1.40 bits per heavy atom. The Morgan fingerprint density at radius 3 is 2.85 bits per heavy atom. The van der Waals surface area contributed by atoms with Crippen molar-refractivity contribution in [1.29, 1.82) is 0 Å². The molecule has 0 bridgehead atoms. The molecule has 0 saturated carbocycles. The van der Waals surface area contributed by atoms with Gasteiger partial charge in [0.1, 0.15) is 18.1 Å². The molecule has 2 aromatic rings. The van der Waals surface area contributed by atoms with Crippen LogP contribution in [0.2, 0.25) is 0 Å². The van der Waals surface area contributed by atoms with E-state index < -0.39 is 0 Å². The van der Waals surface area contributed by atoms with Crippen LogP contribution < -0.4 is 15.2 Å². The van der Waals surface area contributed by atoms with Crippen LogP contribution in [0.3, 0.4) is 0 Å². The number of benzene rings is 1. The van der Waals surface area contributed by atoms with Gasteiger partial charge in [0.25, 0.3) is 0 Å². The third-order valence-electron chi connectivity index (χ3n) is 2.67. The van der Waals surface area contributed by atoms with Crippen LogP contribution in [0.1, 0.15) is 5.56 Å². The molecule has 1 aromatic heterocycles. The lowest BCUT2D eigenvalue weighted by Crippen LogP contribution is -2.14. The zero-order valence-electron chi connectivity index (χ0n) is 11.1. The van der Waals surface area contributed by atoms with E-state index in [0.29, 0.717) is 30.2 Å². The number of hydrogen-bond acceptors (Lipinski definition) is 5. The van der Waals surface area contributed by atoms with Crippen LogP contribution in [0.15, 0.2) is 41.8 Å². The van der Waals surface area contributed by atoms with Crippen molar-refractivity contribution in [3.8, 4) is 11.5 Å². The van der Waals surface area contributed by atoms with Crippen molar-refractivity contribution in [3.63, 3.8) is 0 Å². The molecule has 0 saturated heterocycles. The average molecular weight is 276 g/mol. The lowest BCUT2D eigenvalue weighted by Gasteiger charge is -2.10. The summed E-state index contributed by atoms with van der Waals surface area (Å²) < 4.78 is 12.5. The quantitative estimate of drug-likeness (QED) is 0.356. The Bertz CT molecular complexity index is 581. The van der Waals surface area contributed by atoms with E-state index in [-0.39, 0.29) is 5.84 Å². The zero-order valence-corrected chi connectivity index (χ0v) is 11.1. The molecule has 0 aliphatic heterocycles. The molecule has 7 nitrogen and oxygen atoms in total. The van der Waals surface area contributed by atoms with Crippen LogP contribution in [0.4, 0.5) is 0 Å². The van der Waals surface area contributed by atoms with Gasteiger partial charge in [-0.1, -0.05) is 5.16 Å². The molecular weight excluding hydrogens is 260 g/mol. The van der Waals surface area contributed by atoms with Crippen LogP contribution >= 0.6 is 0 Å². The first-order valence-corrected chi connectivity index (χ1v) is 6.00. The predicted molar refractivity (Wildman–Crippen MR) is 73.2 cm³/mol. The van der Waals surface area contributed by atoms with Crippen molar-refractivity contribution in [1.82, 2.24) is 9.78 Å². The number of aromatic nitrogens is 2. The van der Waals surface area contributed by atoms with E-state index in [2.05, 4.69) is 10.3 Å². The summed E-state index contributed by atoms with van der Waals surface area (Å²) in [6.07, 6.45) is 3.57. The lowest BCUT2D eigenvalue weighted by molar-refractivity contribution is 0.289. The molecule has 3 N–H and O–H groups in total. The first-order chi connectivity index (χ1) is 9.72. The van der Waals surface area contributed by atoms with Crippen molar-refractivity contribution in [2.45, 2.75) is 6.54 Å². The number of nitrogens with two attached hydrogens (primary N) is 1. The largest absolute Gasteiger partial charge is 0.497 e. The molecule has 7 heteroatoms. The minimum absolute atomic E-state index is 0.000765. The molecule has 0 aliphatic rings. The highest BCUT2D eigenvalue weighted by atomic mass is 16.5. The van der Waals surface area contributed by atoms with Crippen molar-refractivity contribution < 1.29 is 14.7 Å². The van der Waals surface area contributed by atoms with Crippen molar-refractivity contribution in [2.75, 3.05) is 13.7 Å². The van der Waals surface area contributed by atoms with Gasteiger partial charge in [0, 0.05) is 24.0 Å². The first-order valence-electron chi connectivity index (χ1n) is 6.00. The number of hydrogen-bond donors (Lipinski definition) is 2. The molecule has 0 amide bonds. The Morgan fingerprint density at radius 2 is 2.20 bits per heavy atom. The third kappa shape index (κ3) is 3.41. The number of nitrogens with zero attached hydrogens (tertiary/aromatic N) is 3. The molecule has 0 radical (unpaired) electrons. The maximum atomic E-state index is 8.71. The number of rotatable bonds is 6. The smallest absolute Gasteiger partial charge is 0.170 e. The maximum absolute atomic E-state index is 8.71. The summed E-state index contributed by atoms with van der Waals surface area (Å²) in [6, 6.07) is 6.93. The highest BCUT2D eigenvalue weighted by Gasteiger charge is 2.06. The molecule has 0 unspecified atom stereocenters. The van der Waals surface area contributed by atoms with Gasteiger partial charge in [-0.15, -0.1) is 0 Å². The molecule has 0 fully saturated rings. The normalized spacial score (nSPS) is 11.3. The van der Waals surface area contributed by atoms with Gasteiger partial charge in [0.2, 0.25) is 0 Å². The van der Waals surface area contributed by atoms with Crippen molar-refractivity contribution >= 4 is 5.84 Å². The molecule has 1 aromatic carbocycles. The molecule has 2 rings (SSSR count). The Balaban J connectivity index is 2.06. The van der Waals surface area contributed by atoms with Gasteiger partial charge in [0.05, 0.1) is 13.7 Å². The van der Waals surface area contributed by atoms with Gasteiger partial charge in [-0.05, 0) is 18.2 Å². The zero-order chi connectivity index (χ0) is 14.4. The van der Waals surface area contributed by atoms with Gasteiger partial charge in [-0.3, -0.25) is 4.68 Å². The number of amidine groups is 1. The molecule has 0 spiro atoms. The minimum Gasteiger partial charge on any atom is -0.497 e. The SMILES string of the molecule is COc1cc(OCCn2cccn2)cc(/C(N)=N/O)c1. The van der Waals surface area contributed by atoms with Gasteiger partial charge in [0.15, 0.2) is 5.84 Å². The Hall–Kier alpha value is -2.70. The average Bonchev–Trinajstić information content (AvgIpc) is 2.99. The van der Waals surface area contributed by atoms with Gasteiger partial charge in [-0.25, -0.2) is 0 Å². The Kier molecular flexibility index (Phi) is 4.43. The predicted octanol–water partition coefficient (Wildman–Crippen LogP) is 1.07. The number of oxime groups is 1. The number of ether oxygens (including phenoxy) is 2. The van der Waals surface area contributed by atoms with E-state index in [1.807, 2.05) is 12.3 Å². The van der Waals surface area contributed by atoms with Gasteiger partial charge < -0.3 is 20.4 Å². The molecule has 1 heterocycles. The summed E-state index contributed by atoms with van der Waals surface area (Å²) in [6.45, 7) is 1.08. The fourth-order valence-corrected chi connectivity index (χ4v) is 1.67. The lowest BCUT2D eigenvalue weighted by atomic mass is 10.2. The monoisotopic (exact) mass is 276 g/mol. The second-order valence-corrected chi connectivity index (χ2v) is 4.00. The molecule has 0 atom stereocenters. The van der Waals surface area contributed by atoms with Crippen LogP contribution in [0.5, 0.6) is 11.5 Å². The Labute approximate surface area is 116 Å². The minimum atomic E-state index is 0.000765.